The number of nitrogens with one attached hydrogen (secondary N) is 2. The molecule has 2 N–H and O–H groups in total. The Hall–Kier alpha value is -0.280. The van der Waals surface area contributed by atoms with E-state index in [1.165, 1.54) is 19.3 Å². The van der Waals surface area contributed by atoms with Crippen molar-refractivity contribution >= 4 is 18.3 Å². The minimum atomic E-state index is 0. The summed E-state index contributed by atoms with van der Waals surface area (Å²) in [6.45, 7) is 4.30. The molecule has 1 saturated carbocycles. The zero-order valence-electron chi connectivity index (χ0n) is 10.8. The summed E-state index contributed by atoms with van der Waals surface area (Å²) in [5.41, 5.74) is 0.0847. The van der Waals surface area contributed by atoms with Crippen LogP contribution in [0.2, 0.25) is 0 Å². The zero-order valence-corrected chi connectivity index (χ0v) is 11.6. The molecule has 2 fully saturated rings. The Balaban J connectivity index is 0.00000144. The van der Waals surface area contributed by atoms with Crippen molar-refractivity contribution in [1.29, 1.82) is 0 Å². The Kier molecular flexibility index (Phi) is 5.74. The van der Waals surface area contributed by atoms with Gasteiger partial charge in [0.15, 0.2) is 0 Å². The van der Waals surface area contributed by atoms with Crippen LogP contribution in [0.3, 0.4) is 0 Å². The summed E-state index contributed by atoms with van der Waals surface area (Å²) < 4.78 is 0. The minimum Gasteiger partial charge on any atom is -0.351 e. The number of hydrogen-bond donors (Lipinski definition) is 2. The fourth-order valence-electron chi connectivity index (χ4n) is 3.00. The normalized spacial score (nSPS) is 27.2. The third-order valence-corrected chi connectivity index (χ3v) is 4.03. The lowest BCUT2D eigenvalue weighted by atomic mass is 9.83. The Bertz CT molecular complexity index is 246. The largest absolute Gasteiger partial charge is 0.351 e. The van der Waals surface area contributed by atoms with E-state index in [1.54, 1.807) is 0 Å². The standard InChI is InChI=1S/C13H24N2O.ClH/c1-13(6-3-2-4-7-13)15-12(16)9-11-5-8-14-10-11;/h11,14H,2-10H2,1H3,(H,15,16);1H. The predicted molar refractivity (Wildman–Crippen MR) is 72.5 cm³/mol. The van der Waals surface area contributed by atoms with Crippen LogP contribution in [0.1, 0.15) is 51.9 Å². The molecule has 0 bridgehead atoms. The van der Waals surface area contributed by atoms with Gasteiger partial charge in [0.2, 0.25) is 5.91 Å². The van der Waals surface area contributed by atoms with E-state index in [9.17, 15) is 4.79 Å². The molecule has 0 aromatic carbocycles. The average Bonchev–Trinajstić information content (AvgIpc) is 2.70. The molecule has 3 nitrogen and oxygen atoms in total. The van der Waals surface area contributed by atoms with Crippen molar-refractivity contribution < 1.29 is 4.79 Å². The van der Waals surface area contributed by atoms with Gasteiger partial charge in [-0.15, -0.1) is 12.4 Å². The molecule has 1 saturated heterocycles. The molecule has 1 atom stereocenters. The highest BCUT2D eigenvalue weighted by molar-refractivity contribution is 5.85. The van der Waals surface area contributed by atoms with Crippen molar-refractivity contribution in [2.45, 2.75) is 57.4 Å². The quantitative estimate of drug-likeness (QED) is 0.817. The van der Waals surface area contributed by atoms with Crippen molar-refractivity contribution in [1.82, 2.24) is 10.6 Å². The molecule has 0 radical (unpaired) electrons. The van der Waals surface area contributed by atoms with E-state index in [-0.39, 0.29) is 23.9 Å². The minimum absolute atomic E-state index is 0. The molecule has 2 rings (SSSR count). The van der Waals surface area contributed by atoms with Crippen molar-refractivity contribution in [2.75, 3.05) is 13.1 Å². The third kappa shape index (κ3) is 4.47. The average molecular weight is 261 g/mol. The van der Waals surface area contributed by atoms with Gasteiger partial charge in [0.1, 0.15) is 0 Å². The molecule has 4 heteroatoms. The Morgan fingerprint density at radius 1 is 1.35 bits per heavy atom. The number of carbonyl (C=O) groups excluding carboxylic acids is 1. The fraction of sp³-hybridized carbons (Fsp3) is 0.923. The number of carbonyl (C=O) groups is 1. The second kappa shape index (κ2) is 6.60. The maximum Gasteiger partial charge on any atom is 0.220 e. The van der Waals surface area contributed by atoms with Crippen molar-refractivity contribution in [3.05, 3.63) is 0 Å². The van der Waals surface area contributed by atoms with Crippen molar-refractivity contribution in [3.63, 3.8) is 0 Å². The van der Waals surface area contributed by atoms with Crippen molar-refractivity contribution in [2.24, 2.45) is 5.92 Å². The molecule has 0 spiro atoms. The van der Waals surface area contributed by atoms with Crippen LogP contribution in [0.25, 0.3) is 0 Å². The van der Waals surface area contributed by atoms with Gasteiger partial charge in [0, 0.05) is 12.0 Å². The molecule has 100 valence electrons. The number of amides is 1. The monoisotopic (exact) mass is 260 g/mol. The Labute approximate surface area is 111 Å². The highest BCUT2D eigenvalue weighted by atomic mass is 35.5. The van der Waals surface area contributed by atoms with E-state index in [2.05, 4.69) is 17.6 Å². The lowest BCUT2D eigenvalue weighted by Gasteiger charge is -2.34. The summed E-state index contributed by atoms with van der Waals surface area (Å²) >= 11 is 0. The van der Waals surface area contributed by atoms with Crippen LogP contribution in [0.15, 0.2) is 0 Å². The van der Waals surface area contributed by atoms with Gasteiger partial charge >= 0.3 is 0 Å². The van der Waals surface area contributed by atoms with Gasteiger partial charge in [0.05, 0.1) is 0 Å². The van der Waals surface area contributed by atoms with E-state index in [0.29, 0.717) is 12.3 Å². The van der Waals surface area contributed by atoms with Crippen LogP contribution < -0.4 is 10.6 Å². The molecule has 17 heavy (non-hydrogen) atoms. The predicted octanol–water partition coefficient (Wildman–Crippen LogP) is 2.25. The summed E-state index contributed by atoms with van der Waals surface area (Å²) in [4.78, 5) is 11.9. The van der Waals surface area contributed by atoms with Gasteiger partial charge in [-0.05, 0) is 45.2 Å². The maximum atomic E-state index is 11.9. The summed E-state index contributed by atoms with van der Waals surface area (Å²) in [7, 11) is 0. The first-order valence-electron chi connectivity index (χ1n) is 6.70. The van der Waals surface area contributed by atoms with Crippen LogP contribution in [0.4, 0.5) is 0 Å². The summed E-state index contributed by atoms with van der Waals surface area (Å²) in [6.07, 6.45) is 8.04. The van der Waals surface area contributed by atoms with Gasteiger partial charge < -0.3 is 10.6 Å². The number of hydrogen-bond acceptors (Lipinski definition) is 2. The van der Waals surface area contributed by atoms with Gasteiger partial charge in [-0.25, -0.2) is 0 Å². The topological polar surface area (TPSA) is 41.1 Å². The molecule has 1 unspecified atom stereocenters. The summed E-state index contributed by atoms with van der Waals surface area (Å²) in [6, 6.07) is 0. The van der Waals surface area contributed by atoms with Gasteiger partial charge in [-0.3, -0.25) is 4.79 Å². The van der Waals surface area contributed by atoms with E-state index in [4.69, 9.17) is 0 Å². The molecule has 1 amide bonds. The Morgan fingerprint density at radius 2 is 2.06 bits per heavy atom. The van der Waals surface area contributed by atoms with Crippen LogP contribution >= 0.6 is 12.4 Å². The van der Waals surface area contributed by atoms with Gasteiger partial charge in [-0.2, -0.15) is 0 Å². The first-order chi connectivity index (χ1) is 7.68. The lowest BCUT2D eigenvalue weighted by molar-refractivity contribution is -0.124. The van der Waals surface area contributed by atoms with E-state index < -0.39 is 0 Å². The second-order valence-electron chi connectivity index (χ2n) is 5.73. The molecule has 0 aromatic rings. The third-order valence-electron chi connectivity index (χ3n) is 4.03. The van der Waals surface area contributed by atoms with E-state index >= 15 is 0 Å². The van der Waals surface area contributed by atoms with E-state index in [1.807, 2.05) is 0 Å². The van der Waals surface area contributed by atoms with Crippen LogP contribution in [-0.2, 0) is 4.79 Å². The molecular formula is C13H25ClN2O. The molecule has 1 aliphatic carbocycles. The first kappa shape index (κ1) is 14.8. The molecule has 1 aliphatic heterocycles. The lowest BCUT2D eigenvalue weighted by Crippen LogP contribution is -2.47. The summed E-state index contributed by atoms with van der Waals surface area (Å²) in [5, 5.41) is 6.57. The molecular weight excluding hydrogens is 236 g/mol. The van der Waals surface area contributed by atoms with Crippen LogP contribution in [0, 0.1) is 5.92 Å². The smallest absolute Gasteiger partial charge is 0.220 e. The van der Waals surface area contributed by atoms with Gasteiger partial charge in [0.25, 0.3) is 0 Å². The highest BCUT2D eigenvalue weighted by Crippen LogP contribution is 2.27. The fourth-order valence-corrected chi connectivity index (χ4v) is 3.00. The highest BCUT2D eigenvalue weighted by Gasteiger charge is 2.29. The molecule has 0 aromatic heterocycles. The first-order valence-corrected chi connectivity index (χ1v) is 6.70. The second-order valence-corrected chi connectivity index (χ2v) is 5.73. The molecule has 2 aliphatic rings. The van der Waals surface area contributed by atoms with Crippen LogP contribution in [-0.4, -0.2) is 24.5 Å². The van der Waals surface area contributed by atoms with Crippen molar-refractivity contribution in [3.8, 4) is 0 Å². The zero-order chi connectivity index (χ0) is 11.4. The van der Waals surface area contributed by atoms with Gasteiger partial charge in [-0.1, -0.05) is 19.3 Å². The maximum absolute atomic E-state index is 11.9. The Morgan fingerprint density at radius 3 is 2.65 bits per heavy atom. The molecule has 1 heterocycles. The van der Waals surface area contributed by atoms with E-state index in [0.717, 1.165) is 32.4 Å². The SMILES string of the molecule is CC1(NC(=O)CC2CCNC2)CCCCC1.Cl. The summed E-state index contributed by atoms with van der Waals surface area (Å²) in [5.74, 6) is 0.824. The number of halogens is 1. The van der Waals surface area contributed by atoms with Crippen LogP contribution in [0.5, 0.6) is 0 Å². The number of rotatable bonds is 3.